The Bertz CT molecular complexity index is 325. The van der Waals surface area contributed by atoms with Crippen molar-refractivity contribution in [2.45, 2.75) is 18.2 Å². The van der Waals surface area contributed by atoms with Crippen LogP contribution < -0.4 is 4.74 Å². The molecule has 0 bridgehead atoms. The van der Waals surface area contributed by atoms with Crippen molar-refractivity contribution in [1.29, 1.82) is 0 Å². The van der Waals surface area contributed by atoms with E-state index in [-0.39, 0.29) is 0 Å². The van der Waals surface area contributed by atoms with Crippen LogP contribution in [0.2, 0.25) is 0 Å². The van der Waals surface area contributed by atoms with Crippen molar-refractivity contribution in [2.24, 2.45) is 0 Å². The summed E-state index contributed by atoms with van der Waals surface area (Å²) in [4.78, 5) is 2.43. The van der Waals surface area contributed by atoms with E-state index in [1.807, 2.05) is 12.1 Å². The molecule has 2 rings (SSSR count). The molecule has 0 radical (unpaired) electrons. The smallest absolute Gasteiger partial charge is 0.118 e. The number of ether oxygens (including phenoxy) is 1. The highest BCUT2D eigenvalue weighted by atomic mass is 35.5. The van der Waals surface area contributed by atoms with Crippen LogP contribution in [0.5, 0.6) is 5.75 Å². The van der Waals surface area contributed by atoms with E-state index in [1.54, 1.807) is 7.11 Å². The molecule has 2 nitrogen and oxygen atoms in total. The van der Waals surface area contributed by atoms with Crippen LogP contribution in [0.15, 0.2) is 24.3 Å². The molecule has 1 aliphatic rings. The fraction of sp³-hybridized carbons (Fsp3) is 0.538. The van der Waals surface area contributed by atoms with Crippen molar-refractivity contribution in [2.75, 3.05) is 26.7 Å². The fourth-order valence-electron chi connectivity index (χ4n) is 2.07. The second-order valence-electron chi connectivity index (χ2n) is 4.28. The summed E-state index contributed by atoms with van der Waals surface area (Å²) in [7, 11) is 1.69. The lowest BCUT2D eigenvalue weighted by Gasteiger charge is -2.14. The average molecular weight is 240 g/mol. The number of hydrogen-bond acceptors (Lipinski definition) is 2. The van der Waals surface area contributed by atoms with Crippen LogP contribution in [-0.2, 0) is 6.42 Å². The van der Waals surface area contributed by atoms with Gasteiger partial charge in [0.25, 0.3) is 0 Å². The van der Waals surface area contributed by atoms with Crippen LogP contribution in [0.25, 0.3) is 0 Å². The Morgan fingerprint density at radius 1 is 1.38 bits per heavy atom. The van der Waals surface area contributed by atoms with Crippen molar-refractivity contribution in [3.8, 4) is 5.75 Å². The Labute approximate surface area is 102 Å². The molecule has 0 N–H and O–H groups in total. The third-order valence-corrected chi connectivity index (χ3v) is 3.45. The predicted octanol–water partition coefficient (Wildman–Crippen LogP) is 2.55. The van der Waals surface area contributed by atoms with Gasteiger partial charge in [0.05, 0.1) is 7.11 Å². The summed E-state index contributed by atoms with van der Waals surface area (Å²) in [5.74, 6) is 0.922. The van der Waals surface area contributed by atoms with E-state index in [0.717, 1.165) is 38.2 Å². The number of rotatable bonds is 4. The van der Waals surface area contributed by atoms with Gasteiger partial charge in [-0.2, -0.15) is 0 Å². The predicted molar refractivity (Wildman–Crippen MR) is 67.4 cm³/mol. The zero-order valence-electron chi connectivity index (χ0n) is 9.66. The summed E-state index contributed by atoms with van der Waals surface area (Å²) < 4.78 is 5.13. The number of nitrogens with zero attached hydrogens (tertiary/aromatic N) is 1. The van der Waals surface area contributed by atoms with E-state index in [0.29, 0.717) is 5.38 Å². The van der Waals surface area contributed by atoms with E-state index in [4.69, 9.17) is 16.3 Å². The highest BCUT2D eigenvalue weighted by Crippen LogP contribution is 2.16. The van der Waals surface area contributed by atoms with E-state index in [9.17, 15) is 0 Å². The highest BCUT2D eigenvalue weighted by molar-refractivity contribution is 6.20. The maximum absolute atomic E-state index is 6.07. The molecule has 1 fully saturated rings. The summed E-state index contributed by atoms with van der Waals surface area (Å²) >= 11 is 6.07. The van der Waals surface area contributed by atoms with Gasteiger partial charge < -0.3 is 9.64 Å². The van der Waals surface area contributed by atoms with Gasteiger partial charge in [-0.05, 0) is 37.1 Å². The van der Waals surface area contributed by atoms with Gasteiger partial charge in [0.2, 0.25) is 0 Å². The largest absolute Gasteiger partial charge is 0.497 e. The Hall–Kier alpha value is -0.730. The Balaban J connectivity index is 1.80. The van der Waals surface area contributed by atoms with Crippen molar-refractivity contribution >= 4 is 11.6 Å². The number of hydrogen-bond donors (Lipinski definition) is 0. The molecule has 1 heterocycles. The zero-order valence-corrected chi connectivity index (χ0v) is 10.4. The molecule has 1 aromatic carbocycles. The quantitative estimate of drug-likeness (QED) is 0.749. The van der Waals surface area contributed by atoms with E-state index >= 15 is 0 Å². The lowest BCUT2D eigenvalue weighted by atomic mass is 10.1. The molecular formula is C13H18ClNO. The standard InChI is InChI=1S/C13H18ClNO/c1-16-13-4-2-11(3-5-13)6-8-15-9-7-12(14)10-15/h2-5,12H,6-10H2,1H3. The number of halogens is 1. The Kier molecular flexibility index (Phi) is 4.08. The van der Waals surface area contributed by atoms with Gasteiger partial charge in [0.15, 0.2) is 0 Å². The molecule has 0 aliphatic carbocycles. The van der Waals surface area contributed by atoms with Crippen molar-refractivity contribution in [1.82, 2.24) is 4.90 Å². The van der Waals surface area contributed by atoms with E-state index in [1.165, 1.54) is 5.56 Å². The van der Waals surface area contributed by atoms with Gasteiger partial charge in [0, 0.05) is 18.5 Å². The van der Waals surface area contributed by atoms with Gasteiger partial charge in [-0.3, -0.25) is 0 Å². The maximum atomic E-state index is 6.07. The molecule has 0 amide bonds. The molecule has 1 unspecified atom stereocenters. The van der Waals surface area contributed by atoms with Gasteiger partial charge >= 0.3 is 0 Å². The van der Waals surface area contributed by atoms with Crippen molar-refractivity contribution < 1.29 is 4.74 Å². The second-order valence-corrected chi connectivity index (χ2v) is 4.90. The lowest BCUT2D eigenvalue weighted by Crippen LogP contribution is -2.23. The molecule has 0 saturated carbocycles. The highest BCUT2D eigenvalue weighted by Gasteiger charge is 2.19. The molecule has 0 spiro atoms. The number of alkyl halides is 1. The minimum absolute atomic E-state index is 0.357. The van der Waals surface area contributed by atoms with Crippen molar-refractivity contribution in [3.63, 3.8) is 0 Å². The number of benzene rings is 1. The van der Waals surface area contributed by atoms with Gasteiger partial charge in [-0.1, -0.05) is 12.1 Å². The van der Waals surface area contributed by atoms with Gasteiger partial charge in [0.1, 0.15) is 5.75 Å². The van der Waals surface area contributed by atoms with Gasteiger partial charge in [-0.25, -0.2) is 0 Å². The first kappa shape index (κ1) is 11.7. The monoisotopic (exact) mass is 239 g/mol. The lowest BCUT2D eigenvalue weighted by molar-refractivity contribution is 0.344. The third kappa shape index (κ3) is 3.13. The first-order chi connectivity index (χ1) is 7.78. The average Bonchev–Trinajstić information content (AvgIpc) is 2.73. The molecule has 0 aromatic heterocycles. The van der Waals surface area contributed by atoms with Crippen LogP contribution in [0.1, 0.15) is 12.0 Å². The molecule has 1 atom stereocenters. The van der Waals surface area contributed by atoms with E-state index < -0.39 is 0 Å². The second kappa shape index (κ2) is 5.55. The molecule has 16 heavy (non-hydrogen) atoms. The summed E-state index contributed by atoms with van der Waals surface area (Å²) in [6.45, 7) is 3.29. The Morgan fingerprint density at radius 2 is 2.12 bits per heavy atom. The summed E-state index contributed by atoms with van der Waals surface area (Å²) in [6, 6.07) is 8.30. The van der Waals surface area contributed by atoms with Crippen LogP contribution in [0, 0.1) is 0 Å². The molecule has 3 heteroatoms. The van der Waals surface area contributed by atoms with Crippen LogP contribution in [0.4, 0.5) is 0 Å². The normalized spacial score (nSPS) is 21.2. The Morgan fingerprint density at radius 3 is 2.69 bits per heavy atom. The van der Waals surface area contributed by atoms with Crippen LogP contribution >= 0.6 is 11.6 Å². The minimum atomic E-state index is 0.357. The minimum Gasteiger partial charge on any atom is -0.497 e. The molecule has 1 aromatic rings. The topological polar surface area (TPSA) is 12.5 Å². The third-order valence-electron chi connectivity index (χ3n) is 3.09. The summed E-state index contributed by atoms with van der Waals surface area (Å²) in [5.41, 5.74) is 1.36. The first-order valence-corrected chi connectivity index (χ1v) is 6.21. The molecule has 1 saturated heterocycles. The van der Waals surface area contributed by atoms with Crippen molar-refractivity contribution in [3.05, 3.63) is 29.8 Å². The first-order valence-electron chi connectivity index (χ1n) is 5.77. The SMILES string of the molecule is COc1ccc(CCN2CCC(Cl)C2)cc1. The van der Waals surface area contributed by atoms with Crippen LogP contribution in [0.3, 0.4) is 0 Å². The molecule has 88 valence electrons. The zero-order chi connectivity index (χ0) is 11.4. The summed E-state index contributed by atoms with van der Waals surface area (Å²) in [5, 5.41) is 0.357. The molecular weight excluding hydrogens is 222 g/mol. The van der Waals surface area contributed by atoms with E-state index in [2.05, 4.69) is 17.0 Å². The maximum Gasteiger partial charge on any atom is 0.118 e. The molecule has 1 aliphatic heterocycles. The number of likely N-dealkylation sites (tertiary alicyclic amines) is 1. The fourth-order valence-corrected chi connectivity index (χ4v) is 2.36. The van der Waals surface area contributed by atoms with Crippen LogP contribution in [-0.4, -0.2) is 37.0 Å². The number of methoxy groups -OCH3 is 1. The van der Waals surface area contributed by atoms with Gasteiger partial charge in [-0.15, -0.1) is 11.6 Å². The summed E-state index contributed by atoms with van der Waals surface area (Å²) in [6.07, 6.45) is 2.22.